The Morgan fingerprint density at radius 1 is 1.48 bits per heavy atom. The average molecular weight is 389 g/mol. The Bertz CT molecular complexity index is 846. The average Bonchev–Trinajstić information content (AvgIpc) is 3.29. The highest BCUT2D eigenvalue weighted by Crippen LogP contribution is 2.23. The number of rotatable bonds is 7. The van der Waals surface area contributed by atoms with Crippen LogP contribution in [-0.4, -0.2) is 49.7 Å². The van der Waals surface area contributed by atoms with Crippen LogP contribution in [0, 0.1) is 11.3 Å². The summed E-state index contributed by atoms with van der Waals surface area (Å²) in [5, 5.41) is 19.5. The summed E-state index contributed by atoms with van der Waals surface area (Å²) < 4.78 is 1.68. The third-order valence-corrected chi connectivity index (χ3v) is 4.64. The zero-order valence-electron chi connectivity index (χ0n) is 15.0. The summed E-state index contributed by atoms with van der Waals surface area (Å²) in [7, 11) is 1.83. The van der Waals surface area contributed by atoms with Crippen molar-refractivity contribution in [3.05, 3.63) is 23.6 Å². The van der Waals surface area contributed by atoms with Crippen molar-refractivity contribution < 1.29 is 4.79 Å². The first-order chi connectivity index (χ1) is 13.1. The van der Waals surface area contributed by atoms with Crippen molar-refractivity contribution in [1.29, 1.82) is 5.26 Å². The molecule has 27 heavy (non-hydrogen) atoms. The lowest BCUT2D eigenvalue weighted by Gasteiger charge is -2.25. The van der Waals surface area contributed by atoms with Crippen LogP contribution in [0.2, 0.25) is 5.02 Å². The summed E-state index contributed by atoms with van der Waals surface area (Å²) in [4.78, 5) is 22.7. The van der Waals surface area contributed by atoms with Gasteiger partial charge in [0.15, 0.2) is 5.82 Å². The molecule has 0 saturated carbocycles. The summed E-state index contributed by atoms with van der Waals surface area (Å²) in [5.41, 5.74) is 0.774. The zero-order valence-corrected chi connectivity index (χ0v) is 15.8. The van der Waals surface area contributed by atoms with Crippen molar-refractivity contribution in [2.24, 2.45) is 7.05 Å². The van der Waals surface area contributed by atoms with E-state index in [1.807, 2.05) is 24.2 Å². The normalized spacial score (nSPS) is 16.2. The molecule has 3 heterocycles. The molecule has 3 rings (SSSR count). The number of hydrogen-bond acceptors (Lipinski definition) is 7. The van der Waals surface area contributed by atoms with Gasteiger partial charge in [0.2, 0.25) is 11.9 Å². The molecule has 1 aliphatic rings. The minimum atomic E-state index is 0.0218. The molecule has 2 aromatic heterocycles. The van der Waals surface area contributed by atoms with Crippen LogP contribution in [-0.2, 0) is 11.8 Å². The quantitative estimate of drug-likeness (QED) is 0.748. The van der Waals surface area contributed by atoms with Gasteiger partial charge in [-0.3, -0.25) is 9.48 Å². The highest BCUT2D eigenvalue weighted by atomic mass is 35.5. The number of likely N-dealkylation sites (tertiary alicyclic amines) is 1. The number of carbonyl (C=O) groups is 1. The predicted molar refractivity (Wildman–Crippen MR) is 102 cm³/mol. The van der Waals surface area contributed by atoms with Crippen molar-refractivity contribution in [3.8, 4) is 6.07 Å². The van der Waals surface area contributed by atoms with Crippen LogP contribution in [0.5, 0.6) is 0 Å². The minimum Gasteiger partial charge on any atom is -0.367 e. The summed E-state index contributed by atoms with van der Waals surface area (Å²) >= 11 is 6.21. The highest BCUT2D eigenvalue weighted by molar-refractivity contribution is 6.32. The lowest BCUT2D eigenvalue weighted by molar-refractivity contribution is -0.131. The number of amides is 1. The van der Waals surface area contributed by atoms with E-state index in [0.29, 0.717) is 23.3 Å². The van der Waals surface area contributed by atoms with Crippen molar-refractivity contribution >= 4 is 35.0 Å². The molecule has 0 bridgehead atoms. The Morgan fingerprint density at radius 3 is 3.07 bits per heavy atom. The second-order valence-electron chi connectivity index (χ2n) is 6.34. The van der Waals surface area contributed by atoms with Gasteiger partial charge in [-0.05, 0) is 12.8 Å². The second-order valence-corrected chi connectivity index (χ2v) is 6.75. The molecular formula is C17H21ClN8O. The van der Waals surface area contributed by atoms with Crippen molar-refractivity contribution in [2.75, 3.05) is 23.7 Å². The van der Waals surface area contributed by atoms with Crippen LogP contribution in [0.25, 0.3) is 0 Å². The highest BCUT2D eigenvalue weighted by Gasteiger charge is 2.28. The number of hydrogen-bond donors (Lipinski definition) is 2. The molecule has 2 N–H and O–H groups in total. The molecule has 1 amide bonds. The van der Waals surface area contributed by atoms with Gasteiger partial charge < -0.3 is 15.5 Å². The largest absolute Gasteiger partial charge is 0.367 e. The number of nitriles is 1. The van der Waals surface area contributed by atoms with Crippen molar-refractivity contribution in [3.63, 3.8) is 0 Å². The fraction of sp³-hybridized carbons (Fsp3) is 0.471. The van der Waals surface area contributed by atoms with E-state index < -0.39 is 0 Å². The molecule has 1 atom stereocenters. The fourth-order valence-electron chi connectivity index (χ4n) is 3.06. The number of aromatic nitrogens is 4. The van der Waals surface area contributed by atoms with Gasteiger partial charge in [-0.1, -0.05) is 11.6 Å². The number of carbonyl (C=O) groups excluding carboxylic acids is 1. The van der Waals surface area contributed by atoms with Gasteiger partial charge in [0, 0.05) is 45.2 Å². The number of aryl methyl sites for hydroxylation is 1. The molecule has 2 aromatic rings. The molecule has 0 spiro atoms. The van der Waals surface area contributed by atoms with E-state index in [-0.39, 0.29) is 24.8 Å². The SMILES string of the molecule is Cn1cc(Nc2ncc(Cl)c(NC[C@H]3CCCN3C(=O)CCC#N)n2)cn1. The van der Waals surface area contributed by atoms with Gasteiger partial charge >= 0.3 is 0 Å². The van der Waals surface area contributed by atoms with E-state index in [9.17, 15) is 4.79 Å². The number of anilines is 3. The third kappa shape index (κ3) is 4.86. The predicted octanol–water partition coefficient (Wildman–Crippen LogP) is 2.31. The molecule has 1 saturated heterocycles. The first kappa shape index (κ1) is 18.9. The molecule has 9 nitrogen and oxygen atoms in total. The first-order valence-corrected chi connectivity index (χ1v) is 9.13. The number of nitrogens with zero attached hydrogens (tertiary/aromatic N) is 6. The topological polar surface area (TPSA) is 112 Å². The van der Waals surface area contributed by atoms with Gasteiger partial charge in [-0.15, -0.1) is 0 Å². The van der Waals surface area contributed by atoms with E-state index in [2.05, 4.69) is 25.7 Å². The maximum absolute atomic E-state index is 12.2. The maximum Gasteiger partial charge on any atom is 0.229 e. The van der Waals surface area contributed by atoms with Crippen molar-refractivity contribution in [2.45, 2.75) is 31.7 Å². The van der Waals surface area contributed by atoms with E-state index in [4.69, 9.17) is 16.9 Å². The molecule has 1 aliphatic heterocycles. The fourth-order valence-corrected chi connectivity index (χ4v) is 3.22. The Labute approximate surface area is 162 Å². The number of nitrogens with one attached hydrogen (secondary N) is 2. The second kappa shape index (κ2) is 8.68. The Hall–Kier alpha value is -2.86. The monoisotopic (exact) mass is 388 g/mol. The molecule has 0 aromatic carbocycles. The van der Waals surface area contributed by atoms with Crippen LogP contribution in [0.1, 0.15) is 25.7 Å². The van der Waals surface area contributed by atoms with E-state index in [0.717, 1.165) is 25.1 Å². The molecule has 0 aliphatic carbocycles. The molecule has 10 heteroatoms. The minimum absolute atomic E-state index is 0.0218. The molecule has 142 valence electrons. The van der Waals surface area contributed by atoms with Gasteiger partial charge in [0.1, 0.15) is 5.02 Å². The van der Waals surface area contributed by atoms with Crippen LogP contribution < -0.4 is 10.6 Å². The Balaban J connectivity index is 1.62. The summed E-state index contributed by atoms with van der Waals surface area (Å²) in [5.74, 6) is 0.936. The van der Waals surface area contributed by atoms with Crippen LogP contribution >= 0.6 is 11.6 Å². The number of halogens is 1. The van der Waals surface area contributed by atoms with E-state index >= 15 is 0 Å². The molecule has 0 unspecified atom stereocenters. The zero-order chi connectivity index (χ0) is 19.2. The van der Waals surface area contributed by atoms with Crippen molar-refractivity contribution in [1.82, 2.24) is 24.6 Å². The Kier molecular flexibility index (Phi) is 6.08. The van der Waals surface area contributed by atoms with Gasteiger partial charge in [-0.25, -0.2) is 4.98 Å². The Morgan fingerprint density at radius 2 is 2.33 bits per heavy atom. The molecular weight excluding hydrogens is 368 g/mol. The van der Waals surface area contributed by atoms with Crippen LogP contribution in [0.4, 0.5) is 17.5 Å². The maximum atomic E-state index is 12.2. The van der Waals surface area contributed by atoms with E-state index in [1.165, 1.54) is 6.20 Å². The van der Waals surface area contributed by atoms with Gasteiger partial charge in [0.25, 0.3) is 0 Å². The van der Waals surface area contributed by atoms with Gasteiger partial charge in [-0.2, -0.15) is 15.3 Å². The lowest BCUT2D eigenvalue weighted by Crippen LogP contribution is -2.39. The third-order valence-electron chi connectivity index (χ3n) is 4.36. The molecule has 0 radical (unpaired) electrons. The standard InChI is InChI=1S/C17H21ClN8O/c1-25-11-12(8-22-25)23-17-21-10-14(18)16(24-17)20-9-13-4-3-7-26(13)15(27)5-2-6-19/h8,10-11,13H,2-5,7,9H2,1H3,(H2,20,21,23,24)/t13-/m1/s1. The summed E-state index contributed by atoms with van der Waals surface area (Å²) in [6, 6.07) is 2.09. The van der Waals surface area contributed by atoms with Crippen LogP contribution in [0.15, 0.2) is 18.6 Å². The summed E-state index contributed by atoms with van der Waals surface area (Å²) in [6.45, 7) is 1.27. The summed E-state index contributed by atoms with van der Waals surface area (Å²) in [6.07, 6.45) is 7.39. The van der Waals surface area contributed by atoms with Gasteiger partial charge in [0.05, 0.1) is 24.2 Å². The molecule has 1 fully saturated rings. The van der Waals surface area contributed by atoms with Crippen LogP contribution in [0.3, 0.4) is 0 Å². The smallest absolute Gasteiger partial charge is 0.229 e. The van der Waals surface area contributed by atoms with E-state index in [1.54, 1.807) is 10.9 Å². The first-order valence-electron chi connectivity index (χ1n) is 8.75. The lowest BCUT2D eigenvalue weighted by atomic mass is 10.2.